The van der Waals surface area contributed by atoms with Gasteiger partial charge in [0.05, 0.1) is 0 Å². The molecule has 0 aromatic heterocycles. The van der Waals surface area contributed by atoms with Crippen molar-refractivity contribution < 1.29 is 0 Å². The van der Waals surface area contributed by atoms with Crippen molar-refractivity contribution in [3.63, 3.8) is 0 Å². The summed E-state index contributed by atoms with van der Waals surface area (Å²) in [5, 5.41) is 0. The molecule has 0 atom stereocenters. The molecule has 0 fully saturated rings. The first-order valence-corrected chi connectivity index (χ1v) is 3.83. The number of rotatable bonds is 0. The van der Waals surface area contributed by atoms with E-state index in [-0.39, 0.29) is 7.43 Å². The van der Waals surface area contributed by atoms with Crippen molar-refractivity contribution in [1.29, 1.82) is 0 Å². The SMILES string of the molecule is C.CC.CCC.CCC. The summed E-state index contributed by atoms with van der Waals surface area (Å²) in [6, 6.07) is 0. The Morgan fingerprint density at radius 1 is 0.667 bits per heavy atom. The molecule has 0 rings (SSSR count). The van der Waals surface area contributed by atoms with E-state index in [4.69, 9.17) is 0 Å². The predicted molar refractivity (Wildman–Crippen MR) is 50.0 cm³/mol. The van der Waals surface area contributed by atoms with Gasteiger partial charge < -0.3 is 0 Å². The molecular weight excluding hydrogens is 108 g/mol. The number of hydrogen-bond donors (Lipinski definition) is 0. The van der Waals surface area contributed by atoms with Crippen molar-refractivity contribution in [2.75, 3.05) is 0 Å². The fraction of sp³-hybridized carbons (Fsp3) is 1.00. The Kier molecular flexibility index (Phi) is 251. The highest BCUT2D eigenvalue weighted by molar-refractivity contribution is 3.92. The van der Waals surface area contributed by atoms with Gasteiger partial charge in [-0.2, -0.15) is 0 Å². The van der Waals surface area contributed by atoms with Gasteiger partial charge in [0, 0.05) is 0 Å². The van der Waals surface area contributed by atoms with Crippen molar-refractivity contribution in [3.8, 4) is 0 Å². The minimum Gasteiger partial charge on any atom is -0.0776 e. The van der Waals surface area contributed by atoms with Gasteiger partial charge in [0.1, 0.15) is 0 Å². The van der Waals surface area contributed by atoms with Gasteiger partial charge in [-0.3, -0.25) is 0 Å². The van der Waals surface area contributed by atoms with Gasteiger partial charge in [0.25, 0.3) is 0 Å². The highest BCUT2D eigenvalue weighted by atomic mass is 13.4. The van der Waals surface area contributed by atoms with Crippen molar-refractivity contribution in [1.82, 2.24) is 0 Å². The van der Waals surface area contributed by atoms with E-state index in [1.165, 1.54) is 12.8 Å². The molecule has 0 radical (unpaired) electrons. The summed E-state index contributed by atoms with van der Waals surface area (Å²) in [5.74, 6) is 0. The van der Waals surface area contributed by atoms with Gasteiger partial charge in [-0.05, 0) is 0 Å². The smallest absolute Gasteiger partial charge is 0.0590 e. The first-order valence-electron chi connectivity index (χ1n) is 3.83. The Labute approximate surface area is 62.7 Å². The maximum atomic E-state index is 2.12. The van der Waals surface area contributed by atoms with Gasteiger partial charge in [0.2, 0.25) is 0 Å². The molecule has 0 amide bonds. The van der Waals surface area contributed by atoms with Crippen LogP contribution < -0.4 is 0 Å². The van der Waals surface area contributed by atoms with Crippen LogP contribution in [0.5, 0.6) is 0 Å². The molecule has 62 valence electrons. The molecule has 0 spiro atoms. The van der Waals surface area contributed by atoms with Crippen LogP contribution in [0.2, 0.25) is 0 Å². The summed E-state index contributed by atoms with van der Waals surface area (Å²) in [7, 11) is 0. The van der Waals surface area contributed by atoms with Gasteiger partial charge in [-0.15, -0.1) is 0 Å². The summed E-state index contributed by atoms with van der Waals surface area (Å²) in [4.78, 5) is 0. The molecule has 0 heterocycles. The Balaban J connectivity index is -0.0000000202. The molecule has 9 heavy (non-hydrogen) atoms. The van der Waals surface area contributed by atoms with Gasteiger partial charge in [-0.1, -0.05) is 61.8 Å². The molecule has 0 aliphatic rings. The van der Waals surface area contributed by atoms with Gasteiger partial charge in [0.15, 0.2) is 0 Å². The van der Waals surface area contributed by atoms with E-state index in [9.17, 15) is 0 Å². The van der Waals surface area contributed by atoms with Crippen LogP contribution in [0.15, 0.2) is 0 Å². The molecule has 0 nitrogen and oxygen atoms in total. The van der Waals surface area contributed by atoms with E-state index in [1.54, 1.807) is 0 Å². The highest BCUT2D eigenvalue weighted by Gasteiger charge is 1.36. The zero-order valence-electron chi connectivity index (χ0n) is 7.41. The van der Waals surface area contributed by atoms with Crippen LogP contribution in [0.1, 0.15) is 61.8 Å². The maximum Gasteiger partial charge on any atom is -0.0590 e. The van der Waals surface area contributed by atoms with E-state index in [0.717, 1.165) is 0 Å². The summed E-state index contributed by atoms with van der Waals surface area (Å²) in [6.07, 6.45) is 2.50. The third-order valence-electron chi connectivity index (χ3n) is 0. The second-order valence-electron chi connectivity index (χ2n) is 1.41. The summed E-state index contributed by atoms with van der Waals surface area (Å²) in [6.45, 7) is 12.5. The average molecular weight is 134 g/mol. The molecule has 0 N–H and O–H groups in total. The van der Waals surface area contributed by atoms with Crippen LogP contribution in [0.4, 0.5) is 0 Å². The largest absolute Gasteiger partial charge is 0.0776 e. The van der Waals surface area contributed by atoms with Crippen LogP contribution in [0.25, 0.3) is 0 Å². The molecule has 0 unspecified atom stereocenters. The minimum absolute atomic E-state index is 0. The maximum absolute atomic E-state index is 2.12. The Bertz CT molecular complexity index is 2.00. The fourth-order valence-electron chi connectivity index (χ4n) is 0. The summed E-state index contributed by atoms with van der Waals surface area (Å²) in [5.41, 5.74) is 0. The molecule has 0 aliphatic carbocycles. The zero-order chi connectivity index (χ0) is 7.41. The quantitative estimate of drug-likeness (QED) is 0.458. The molecule has 0 saturated carbocycles. The Morgan fingerprint density at radius 3 is 0.667 bits per heavy atom. The molecule has 0 aliphatic heterocycles. The molecule has 0 bridgehead atoms. The molecule has 0 saturated heterocycles. The Hall–Kier alpha value is 0. The van der Waals surface area contributed by atoms with E-state index in [0.29, 0.717) is 0 Å². The number of hydrogen-bond acceptors (Lipinski definition) is 0. The third-order valence-corrected chi connectivity index (χ3v) is 0. The van der Waals surface area contributed by atoms with Crippen LogP contribution in [-0.4, -0.2) is 0 Å². The minimum atomic E-state index is 0. The lowest BCUT2D eigenvalue weighted by Crippen LogP contribution is -1.27. The molecular formula is C9H26. The van der Waals surface area contributed by atoms with E-state index in [1.807, 2.05) is 13.8 Å². The highest BCUT2D eigenvalue weighted by Crippen LogP contribution is 1.56. The first-order chi connectivity index (χ1) is 3.83. The first kappa shape index (κ1) is 23.0. The van der Waals surface area contributed by atoms with E-state index < -0.39 is 0 Å². The van der Waals surface area contributed by atoms with Crippen LogP contribution in [0, 0.1) is 0 Å². The average Bonchev–Trinajstić information content (AvgIpc) is 1.75. The van der Waals surface area contributed by atoms with Crippen LogP contribution in [0.3, 0.4) is 0 Å². The molecule has 0 aromatic rings. The third kappa shape index (κ3) is 0. The summed E-state index contributed by atoms with van der Waals surface area (Å²) >= 11 is 0. The lowest BCUT2D eigenvalue weighted by Gasteiger charge is -1.48. The lowest BCUT2D eigenvalue weighted by molar-refractivity contribution is 1.09. The molecule has 0 aromatic carbocycles. The van der Waals surface area contributed by atoms with Gasteiger partial charge in [-0.25, -0.2) is 0 Å². The van der Waals surface area contributed by atoms with Crippen LogP contribution in [-0.2, 0) is 0 Å². The fourth-order valence-corrected chi connectivity index (χ4v) is 0. The van der Waals surface area contributed by atoms with Gasteiger partial charge >= 0.3 is 0 Å². The monoisotopic (exact) mass is 134 g/mol. The van der Waals surface area contributed by atoms with Crippen molar-refractivity contribution >= 4 is 0 Å². The predicted octanol–water partition coefficient (Wildman–Crippen LogP) is 4.49. The second kappa shape index (κ2) is 98.0. The standard InChI is InChI=1S/2C3H8.C2H6.CH4/c2*1-3-2;1-2;/h2*3H2,1-2H3;1-2H3;1H4. The van der Waals surface area contributed by atoms with Crippen molar-refractivity contribution in [2.24, 2.45) is 0 Å². The van der Waals surface area contributed by atoms with Crippen molar-refractivity contribution in [2.45, 2.75) is 61.8 Å². The lowest BCUT2D eigenvalue weighted by atomic mass is 10.6. The van der Waals surface area contributed by atoms with E-state index in [2.05, 4.69) is 27.7 Å². The van der Waals surface area contributed by atoms with Crippen molar-refractivity contribution in [3.05, 3.63) is 0 Å². The Morgan fingerprint density at radius 2 is 0.667 bits per heavy atom. The van der Waals surface area contributed by atoms with E-state index >= 15 is 0 Å². The van der Waals surface area contributed by atoms with Crippen LogP contribution >= 0.6 is 0 Å². The zero-order valence-corrected chi connectivity index (χ0v) is 7.41. The summed E-state index contributed by atoms with van der Waals surface area (Å²) < 4.78 is 0. The second-order valence-corrected chi connectivity index (χ2v) is 1.41. The topological polar surface area (TPSA) is 0 Å². The molecule has 0 heteroatoms. The normalized spacial score (nSPS) is 4.67.